The number of halogens is 2. The topological polar surface area (TPSA) is 93.4 Å². The summed E-state index contributed by atoms with van der Waals surface area (Å²) in [4.78, 5) is 21.9. The highest BCUT2D eigenvalue weighted by Crippen LogP contribution is 2.35. The van der Waals surface area contributed by atoms with E-state index < -0.39 is 10.7 Å². The van der Waals surface area contributed by atoms with Gasteiger partial charge in [0.25, 0.3) is 0 Å². The number of nitro groups is 1. The molecule has 3 aromatic rings. The van der Waals surface area contributed by atoms with Gasteiger partial charge in [-0.05, 0) is 57.1 Å². The van der Waals surface area contributed by atoms with Crippen molar-refractivity contribution in [3.05, 3.63) is 57.1 Å². The van der Waals surface area contributed by atoms with Crippen LogP contribution in [0.25, 0.3) is 10.9 Å². The fourth-order valence-electron chi connectivity index (χ4n) is 3.59. The lowest BCUT2D eigenvalue weighted by atomic mass is 9.98. The SMILES string of the molecule is CN1CCC(COc2cc3ncnc(Nc4ccc(Br)cc4F)c3cc2[N+](=O)[O-])CC1. The second-order valence-electron chi connectivity index (χ2n) is 7.62. The first kappa shape index (κ1) is 21.4. The number of nitrogens with zero attached hydrogens (tertiary/aromatic N) is 4. The van der Waals surface area contributed by atoms with Crippen LogP contribution < -0.4 is 10.1 Å². The van der Waals surface area contributed by atoms with Gasteiger partial charge in [-0.15, -0.1) is 0 Å². The van der Waals surface area contributed by atoms with Crippen molar-refractivity contribution in [3.8, 4) is 5.75 Å². The van der Waals surface area contributed by atoms with Crippen molar-refractivity contribution in [1.29, 1.82) is 0 Å². The molecule has 1 saturated heterocycles. The van der Waals surface area contributed by atoms with Crippen LogP contribution >= 0.6 is 15.9 Å². The normalized spacial score (nSPS) is 15.2. The molecular formula is C21H21BrFN5O3. The third-order valence-corrected chi connectivity index (χ3v) is 5.90. The van der Waals surface area contributed by atoms with E-state index in [4.69, 9.17) is 4.74 Å². The summed E-state index contributed by atoms with van der Waals surface area (Å²) in [5, 5.41) is 15.0. The summed E-state index contributed by atoms with van der Waals surface area (Å²) in [6.45, 7) is 2.39. The first-order chi connectivity index (χ1) is 14.9. The number of likely N-dealkylation sites (tertiary alicyclic amines) is 1. The summed E-state index contributed by atoms with van der Waals surface area (Å²) >= 11 is 3.22. The van der Waals surface area contributed by atoms with Gasteiger partial charge in [-0.3, -0.25) is 10.1 Å². The fourth-order valence-corrected chi connectivity index (χ4v) is 3.92. The molecule has 1 N–H and O–H groups in total. The summed E-state index contributed by atoms with van der Waals surface area (Å²) in [6.07, 6.45) is 3.31. The minimum Gasteiger partial charge on any atom is -0.486 e. The molecule has 0 atom stereocenters. The second kappa shape index (κ2) is 9.11. The van der Waals surface area contributed by atoms with Crippen LogP contribution in [-0.4, -0.2) is 46.5 Å². The van der Waals surface area contributed by atoms with E-state index in [2.05, 4.69) is 43.2 Å². The van der Waals surface area contributed by atoms with Crippen LogP contribution in [0.2, 0.25) is 0 Å². The van der Waals surface area contributed by atoms with E-state index in [0.29, 0.717) is 27.9 Å². The molecule has 4 rings (SSSR count). The molecular weight excluding hydrogens is 469 g/mol. The van der Waals surface area contributed by atoms with Gasteiger partial charge in [0, 0.05) is 16.6 Å². The number of fused-ring (bicyclic) bond motifs is 1. The number of rotatable bonds is 6. The van der Waals surface area contributed by atoms with Crippen LogP contribution in [0, 0.1) is 21.8 Å². The number of ether oxygens (including phenoxy) is 1. The van der Waals surface area contributed by atoms with Crippen LogP contribution in [0.1, 0.15) is 12.8 Å². The molecule has 0 spiro atoms. The third kappa shape index (κ3) is 4.91. The van der Waals surface area contributed by atoms with Gasteiger partial charge < -0.3 is 15.0 Å². The molecule has 10 heteroatoms. The monoisotopic (exact) mass is 489 g/mol. The van der Waals surface area contributed by atoms with Crippen LogP contribution in [-0.2, 0) is 0 Å². The Morgan fingerprint density at radius 2 is 2.06 bits per heavy atom. The highest BCUT2D eigenvalue weighted by molar-refractivity contribution is 9.10. The number of nitro benzene ring substituents is 1. The predicted molar refractivity (Wildman–Crippen MR) is 119 cm³/mol. The lowest BCUT2D eigenvalue weighted by molar-refractivity contribution is -0.385. The van der Waals surface area contributed by atoms with Crippen LogP contribution in [0.5, 0.6) is 5.75 Å². The minimum atomic E-state index is -0.486. The molecule has 31 heavy (non-hydrogen) atoms. The van der Waals surface area contributed by atoms with Gasteiger partial charge in [-0.1, -0.05) is 15.9 Å². The highest BCUT2D eigenvalue weighted by atomic mass is 79.9. The summed E-state index contributed by atoms with van der Waals surface area (Å²) in [7, 11) is 2.08. The van der Waals surface area contributed by atoms with Gasteiger partial charge in [0.15, 0.2) is 5.75 Å². The molecule has 1 aromatic heterocycles. The van der Waals surface area contributed by atoms with Crippen molar-refractivity contribution in [2.24, 2.45) is 5.92 Å². The van der Waals surface area contributed by atoms with E-state index in [-0.39, 0.29) is 22.9 Å². The molecule has 0 amide bonds. The quantitative estimate of drug-likeness (QED) is 0.388. The van der Waals surface area contributed by atoms with E-state index in [1.807, 2.05) is 0 Å². The predicted octanol–water partition coefficient (Wildman–Crippen LogP) is 4.90. The number of anilines is 2. The van der Waals surface area contributed by atoms with Crippen LogP contribution in [0.15, 0.2) is 41.1 Å². The Morgan fingerprint density at radius 3 is 2.77 bits per heavy atom. The first-order valence-corrected chi connectivity index (χ1v) is 10.7. The molecule has 2 heterocycles. The van der Waals surface area contributed by atoms with Crippen molar-refractivity contribution in [2.45, 2.75) is 12.8 Å². The number of nitrogens with one attached hydrogen (secondary N) is 1. The Kier molecular flexibility index (Phi) is 6.28. The van der Waals surface area contributed by atoms with E-state index >= 15 is 0 Å². The zero-order valence-corrected chi connectivity index (χ0v) is 18.4. The number of aromatic nitrogens is 2. The Balaban J connectivity index is 1.63. The van der Waals surface area contributed by atoms with E-state index in [1.54, 1.807) is 18.2 Å². The van der Waals surface area contributed by atoms with Gasteiger partial charge in [0.2, 0.25) is 0 Å². The Bertz CT molecular complexity index is 1120. The average Bonchev–Trinajstić information content (AvgIpc) is 2.74. The molecule has 2 aromatic carbocycles. The van der Waals surface area contributed by atoms with Crippen molar-refractivity contribution in [1.82, 2.24) is 14.9 Å². The summed E-state index contributed by atoms with van der Waals surface area (Å²) in [6, 6.07) is 7.49. The van der Waals surface area contributed by atoms with Gasteiger partial charge >= 0.3 is 5.69 Å². The van der Waals surface area contributed by atoms with Crippen molar-refractivity contribution in [2.75, 3.05) is 32.1 Å². The van der Waals surface area contributed by atoms with Crippen molar-refractivity contribution < 1.29 is 14.1 Å². The van der Waals surface area contributed by atoms with Gasteiger partial charge in [0.1, 0.15) is 18.0 Å². The second-order valence-corrected chi connectivity index (χ2v) is 8.54. The largest absolute Gasteiger partial charge is 0.486 e. The Hall–Kier alpha value is -2.85. The number of hydrogen-bond acceptors (Lipinski definition) is 7. The lowest BCUT2D eigenvalue weighted by Gasteiger charge is -2.28. The molecule has 1 aliphatic rings. The summed E-state index contributed by atoms with van der Waals surface area (Å²) in [5.74, 6) is 0.329. The molecule has 162 valence electrons. The van der Waals surface area contributed by atoms with Gasteiger partial charge in [-0.25, -0.2) is 14.4 Å². The first-order valence-electron chi connectivity index (χ1n) is 9.87. The standard InChI is InChI=1S/C21H21BrFN5O3/c1-27-6-4-13(5-7-27)11-31-20-10-18-15(9-19(20)28(29)30)21(25-12-24-18)26-17-3-2-14(22)8-16(17)23/h2-3,8-10,12-13H,4-7,11H2,1H3,(H,24,25,26). The van der Waals surface area contributed by atoms with E-state index in [1.165, 1.54) is 18.5 Å². The Labute approximate surface area is 186 Å². The maximum atomic E-state index is 14.2. The molecule has 0 radical (unpaired) electrons. The van der Waals surface area contributed by atoms with E-state index in [0.717, 1.165) is 25.9 Å². The molecule has 1 fully saturated rings. The maximum Gasteiger partial charge on any atom is 0.311 e. The molecule has 8 nitrogen and oxygen atoms in total. The van der Waals surface area contributed by atoms with Crippen LogP contribution in [0.4, 0.5) is 21.6 Å². The average molecular weight is 490 g/mol. The molecule has 0 bridgehead atoms. The summed E-state index contributed by atoms with van der Waals surface area (Å²) < 4.78 is 20.7. The van der Waals surface area contributed by atoms with Gasteiger partial charge in [-0.2, -0.15) is 0 Å². The number of hydrogen-bond donors (Lipinski definition) is 1. The minimum absolute atomic E-state index is 0.172. The number of benzene rings is 2. The third-order valence-electron chi connectivity index (χ3n) is 5.41. The lowest BCUT2D eigenvalue weighted by Crippen LogP contribution is -2.32. The number of piperidine rings is 1. The summed E-state index contributed by atoms with van der Waals surface area (Å²) in [5.41, 5.74) is 0.502. The fraction of sp³-hybridized carbons (Fsp3) is 0.333. The Morgan fingerprint density at radius 1 is 1.29 bits per heavy atom. The van der Waals surface area contributed by atoms with E-state index in [9.17, 15) is 14.5 Å². The highest BCUT2D eigenvalue weighted by Gasteiger charge is 2.22. The molecule has 0 aliphatic carbocycles. The van der Waals surface area contributed by atoms with Gasteiger partial charge in [0.05, 0.1) is 28.1 Å². The zero-order valence-electron chi connectivity index (χ0n) is 16.8. The molecule has 0 unspecified atom stereocenters. The smallest absolute Gasteiger partial charge is 0.311 e. The van der Waals surface area contributed by atoms with Crippen molar-refractivity contribution >= 4 is 44.0 Å². The molecule has 1 aliphatic heterocycles. The van der Waals surface area contributed by atoms with Crippen LogP contribution in [0.3, 0.4) is 0 Å². The maximum absolute atomic E-state index is 14.2. The van der Waals surface area contributed by atoms with Crippen molar-refractivity contribution in [3.63, 3.8) is 0 Å². The zero-order chi connectivity index (χ0) is 22.0. The molecule has 0 saturated carbocycles.